The normalized spacial score (nSPS) is 13.3. The van der Waals surface area contributed by atoms with E-state index in [1.807, 2.05) is 18.2 Å². The van der Waals surface area contributed by atoms with E-state index in [0.29, 0.717) is 21.3 Å². The molecule has 2 aromatic rings. The Bertz CT molecular complexity index is 660. The Balaban J connectivity index is 2.48. The highest BCUT2D eigenvalue weighted by molar-refractivity contribution is 6.32. The largest absolute Gasteiger partial charge is 0.467 e. The molecule has 0 aliphatic heterocycles. The number of ether oxygens (including phenoxy) is 1. The number of hydrogen-bond acceptors (Lipinski definition) is 3. The van der Waals surface area contributed by atoms with Gasteiger partial charge in [0.05, 0.1) is 7.11 Å². The molecule has 1 N–H and O–H groups in total. The van der Waals surface area contributed by atoms with E-state index >= 15 is 0 Å². The van der Waals surface area contributed by atoms with Gasteiger partial charge in [-0.2, -0.15) is 0 Å². The summed E-state index contributed by atoms with van der Waals surface area (Å²) in [5.74, 6) is -0.435. The van der Waals surface area contributed by atoms with Crippen LogP contribution in [-0.2, 0) is 15.1 Å². The quantitative estimate of drug-likeness (QED) is 0.842. The molecule has 2 aromatic carbocycles. The smallest absolute Gasteiger partial charge is 0.335 e. The maximum absolute atomic E-state index is 12.3. The minimum absolute atomic E-state index is 0.435. The Hall–Kier alpha value is -1.71. The second-order valence-electron chi connectivity index (χ2n) is 4.73. The Morgan fingerprint density at radius 2 is 1.86 bits per heavy atom. The van der Waals surface area contributed by atoms with Crippen molar-refractivity contribution in [3.63, 3.8) is 0 Å². The number of nitrogens with one attached hydrogen (secondary N) is 1. The monoisotopic (exact) mass is 323 g/mol. The molecule has 0 amide bonds. The van der Waals surface area contributed by atoms with Gasteiger partial charge < -0.3 is 10.1 Å². The number of methoxy groups -OCH3 is 1. The number of rotatable bonds is 4. The third-order valence-corrected chi connectivity index (χ3v) is 3.79. The molecule has 0 heterocycles. The summed E-state index contributed by atoms with van der Waals surface area (Å²) in [5, 5.41) is 4.22. The van der Waals surface area contributed by atoms with Gasteiger partial charge in [0.1, 0.15) is 0 Å². The van der Waals surface area contributed by atoms with Crippen LogP contribution in [0.3, 0.4) is 0 Å². The summed E-state index contributed by atoms with van der Waals surface area (Å²) in [7, 11) is 1.34. The molecule has 21 heavy (non-hydrogen) atoms. The Labute approximate surface area is 133 Å². The number of carbonyl (C=O) groups excluding carboxylic acids is 1. The number of carbonyl (C=O) groups is 1. The molecule has 0 fully saturated rings. The van der Waals surface area contributed by atoms with Crippen molar-refractivity contribution in [1.82, 2.24) is 0 Å². The van der Waals surface area contributed by atoms with E-state index in [1.54, 1.807) is 37.3 Å². The third kappa shape index (κ3) is 3.31. The van der Waals surface area contributed by atoms with Crippen LogP contribution in [0.5, 0.6) is 0 Å². The van der Waals surface area contributed by atoms with Crippen LogP contribution in [0.2, 0.25) is 10.0 Å². The number of anilines is 1. The van der Waals surface area contributed by atoms with Crippen molar-refractivity contribution in [2.24, 2.45) is 0 Å². The summed E-state index contributed by atoms with van der Waals surface area (Å²) >= 11 is 12.2. The maximum atomic E-state index is 12.3. The zero-order valence-corrected chi connectivity index (χ0v) is 13.2. The predicted octanol–water partition coefficient (Wildman–Crippen LogP) is 4.49. The summed E-state index contributed by atoms with van der Waals surface area (Å²) in [4.78, 5) is 12.3. The molecule has 110 valence electrons. The molecule has 0 saturated carbocycles. The number of halogens is 2. The standard InChI is InChI=1S/C16H15Cl2NO2/c1-16(15(20)21-2,13-8-3-4-9-14(13)18)19-12-7-5-6-11(17)10-12/h3-10,19H,1-2H3. The van der Waals surface area contributed by atoms with Gasteiger partial charge in [-0.05, 0) is 31.2 Å². The SMILES string of the molecule is COC(=O)C(C)(Nc1cccc(Cl)c1)c1ccccc1Cl. The van der Waals surface area contributed by atoms with E-state index in [1.165, 1.54) is 7.11 Å². The van der Waals surface area contributed by atoms with Crippen LogP contribution in [-0.4, -0.2) is 13.1 Å². The van der Waals surface area contributed by atoms with Crippen molar-refractivity contribution >= 4 is 34.9 Å². The molecule has 1 unspecified atom stereocenters. The number of benzene rings is 2. The van der Waals surface area contributed by atoms with Gasteiger partial charge in [0, 0.05) is 21.3 Å². The van der Waals surface area contributed by atoms with Gasteiger partial charge in [-0.3, -0.25) is 0 Å². The summed E-state index contributed by atoms with van der Waals surface area (Å²) in [6.45, 7) is 1.72. The fourth-order valence-corrected chi connectivity index (χ4v) is 2.67. The van der Waals surface area contributed by atoms with Crippen molar-refractivity contribution in [3.05, 3.63) is 64.1 Å². The van der Waals surface area contributed by atoms with Gasteiger partial charge in [-0.25, -0.2) is 4.79 Å². The lowest BCUT2D eigenvalue weighted by atomic mass is 9.91. The molecule has 2 rings (SSSR count). The number of hydrogen-bond donors (Lipinski definition) is 1. The van der Waals surface area contributed by atoms with Gasteiger partial charge in [0.25, 0.3) is 0 Å². The van der Waals surface area contributed by atoms with Gasteiger partial charge in [0.15, 0.2) is 5.54 Å². The second kappa shape index (κ2) is 6.37. The minimum atomic E-state index is -1.11. The van der Waals surface area contributed by atoms with Gasteiger partial charge >= 0.3 is 5.97 Å². The summed E-state index contributed by atoms with van der Waals surface area (Å²) in [6.07, 6.45) is 0. The molecule has 0 aliphatic carbocycles. The fourth-order valence-electron chi connectivity index (χ4n) is 2.15. The van der Waals surface area contributed by atoms with Gasteiger partial charge in [-0.15, -0.1) is 0 Å². The van der Waals surface area contributed by atoms with E-state index in [2.05, 4.69) is 5.32 Å². The first-order valence-electron chi connectivity index (χ1n) is 6.34. The fraction of sp³-hybridized carbons (Fsp3) is 0.188. The lowest BCUT2D eigenvalue weighted by Gasteiger charge is -2.30. The van der Waals surface area contributed by atoms with Crippen molar-refractivity contribution in [2.45, 2.75) is 12.5 Å². The van der Waals surface area contributed by atoms with Crippen LogP contribution in [0.15, 0.2) is 48.5 Å². The molecule has 0 aliphatic rings. The predicted molar refractivity (Wildman–Crippen MR) is 85.9 cm³/mol. The summed E-state index contributed by atoms with van der Waals surface area (Å²) in [6, 6.07) is 14.3. The van der Waals surface area contributed by atoms with Gasteiger partial charge in [0.2, 0.25) is 0 Å². The van der Waals surface area contributed by atoms with Crippen LogP contribution < -0.4 is 5.32 Å². The highest BCUT2D eigenvalue weighted by Crippen LogP contribution is 2.33. The average Bonchev–Trinajstić information content (AvgIpc) is 2.46. The molecular formula is C16H15Cl2NO2. The number of esters is 1. The first-order valence-corrected chi connectivity index (χ1v) is 7.10. The highest BCUT2D eigenvalue weighted by Gasteiger charge is 2.38. The second-order valence-corrected chi connectivity index (χ2v) is 5.58. The van der Waals surface area contributed by atoms with Crippen LogP contribution >= 0.6 is 23.2 Å². The van der Waals surface area contributed by atoms with Crippen molar-refractivity contribution in [1.29, 1.82) is 0 Å². The topological polar surface area (TPSA) is 38.3 Å². The van der Waals surface area contributed by atoms with E-state index in [-0.39, 0.29) is 0 Å². The van der Waals surface area contributed by atoms with Gasteiger partial charge in [-0.1, -0.05) is 47.5 Å². The Morgan fingerprint density at radius 1 is 1.14 bits per heavy atom. The molecule has 0 saturated heterocycles. The molecular weight excluding hydrogens is 309 g/mol. The summed E-state index contributed by atoms with van der Waals surface area (Å²) < 4.78 is 4.93. The van der Waals surface area contributed by atoms with Crippen molar-refractivity contribution < 1.29 is 9.53 Å². The van der Waals surface area contributed by atoms with E-state index < -0.39 is 11.5 Å². The maximum Gasteiger partial charge on any atom is 0.335 e. The zero-order chi connectivity index (χ0) is 15.5. The van der Waals surface area contributed by atoms with Crippen LogP contribution in [0.25, 0.3) is 0 Å². The average molecular weight is 324 g/mol. The van der Waals surface area contributed by atoms with E-state index in [9.17, 15) is 4.79 Å². The highest BCUT2D eigenvalue weighted by atomic mass is 35.5. The lowest BCUT2D eigenvalue weighted by Crippen LogP contribution is -2.41. The third-order valence-electron chi connectivity index (χ3n) is 3.23. The Kier molecular flexibility index (Phi) is 4.76. The van der Waals surface area contributed by atoms with E-state index in [4.69, 9.17) is 27.9 Å². The summed E-state index contributed by atoms with van der Waals surface area (Å²) in [5.41, 5.74) is 0.228. The van der Waals surface area contributed by atoms with Crippen LogP contribution in [0.4, 0.5) is 5.69 Å². The molecule has 0 bridgehead atoms. The van der Waals surface area contributed by atoms with Crippen LogP contribution in [0, 0.1) is 0 Å². The minimum Gasteiger partial charge on any atom is -0.467 e. The van der Waals surface area contributed by atoms with Crippen molar-refractivity contribution in [3.8, 4) is 0 Å². The zero-order valence-electron chi connectivity index (χ0n) is 11.7. The molecule has 5 heteroatoms. The first kappa shape index (κ1) is 15.7. The molecule has 0 radical (unpaired) electrons. The molecule has 3 nitrogen and oxygen atoms in total. The molecule has 0 spiro atoms. The first-order chi connectivity index (χ1) is 9.97. The lowest BCUT2D eigenvalue weighted by molar-refractivity contribution is -0.145. The van der Waals surface area contributed by atoms with Crippen LogP contribution in [0.1, 0.15) is 12.5 Å². The van der Waals surface area contributed by atoms with E-state index in [0.717, 1.165) is 0 Å². The van der Waals surface area contributed by atoms with Crippen molar-refractivity contribution in [2.75, 3.05) is 12.4 Å². The molecule has 1 atom stereocenters. The molecule has 0 aromatic heterocycles. The Morgan fingerprint density at radius 3 is 2.48 bits per heavy atom.